The molecule has 1 aliphatic carbocycles. The van der Waals surface area contributed by atoms with E-state index in [1.54, 1.807) is 0 Å². The lowest BCUT2D eigenvalue weighted by Crippen LogP contribution is -2.32. The Morgan fingerprint density at radius 1 is 1.20 bits per heavy atom. The Balaban J connectivity index is 2.17. The van der Waals surface area contributed by atoms with Gasteiger partial charge in [-0.05, 0) is 38.1 Å². The maximum Gasteiger partial charge on any atom is 0.00924 e. The van der Waals surface area contributed by atoms with Gasteiger partial charge in [-0.25, -0.2) is 0 Å². The minimum absolute atomic E-state index is 0.798. The summed E-state index contributed by atoms with van der Waals surface area (Å²) in [7, 11) is 2.15. The Morgan fingerprint density at radius 2 is 2.00 bits per heavy atom. The first kappa shape index (κ1) is 13.0. The van der Waals surface area contributed by atoms with Crippen LogP contribution in [0.2, 0.25) is 0 Å². The molecule has 1 heteroatoms. The summed E-state index contributed by atoms with van der Waals surface area (Å²) in [5, 5.41) is 3.54. The van der Waals surface area contributed by atoms with E-state index in [2.05, 4.69) is 26.2 Å². The highest BCUT2D eigenvalue weighted by molar-refractivity contribution is 4.82. The molecule has 1 aliphatic rings. The van der Waals surface area contributed by atoms with Crippen LogP contribution in [-0.2, 0) is 0 Å². The van der Waals surface area contributed by atoms with Gasteiger partial charge in [0.05, 0.1) is 0 Å². The molecule has 0 bridgehead atoms. The van der Waals surface area contributed by atoms with E-state index in [9.17, 15) is 0 Å². The zero-order valence-electron chi connectivity index (χ0n) is 10.9. The minimum atomic E-state index is 0.798. The first-order chi connectivity index (χ1) is 7.27. The Labute approximate surface area is 96.0 Å². The van der Waals surface area contributed by atoms with Gasteiger partial charge in [-0.15, -0.1) is 0 Å². The average Bonchev–Trinajstić information content (AvgIpc) is 2.65. The molecule has 0 saturated heterocycles. The lowest BCUT2D eigenvalue weighted by atomic mass is 9.92. The number of hydrogen-bond acceptors (Lipinski definition) is 1. The number of rotatable bonds is 7. The monoisotopic (exact) mass is 211 g/mol. The van der Waals surface area contributed by atoms with E-state index >= 15 is 0 Å². The number of nitrogens with one attached hydrogen (secondary N) is 1. The molecule has 0 aromatic heterocycles. The van der Waals surface area contributed by atoms with Crippen molar-refractivity contribution in [1.29, 1.82) is 0 Å². The fourth-order valence-corrected chi connectivity index (χ4v) is 3.02. The molecule has 0 amide bonds. The summed E-state index contributed by atoms with van der Waals surface area (Å²) >= 11 is 0. The van der Waals surface area contributed by atoms with Gasteiger partial charge in [-0.3, -0.25) is 0 Å². The Hall–Kier alpha value is -0.0400. The fourth-order valence-electron chi connectivity index (χ4n) is 3.02. The molecule has 1 fully saturated rings. The van der Waals surface area contributed by atoms with E-state index in [0.29, 0.717) is 0 Å². The second-order valence-corrected chi connectivity index (χ2v) is 5.42. The minimum Gasteiger partial charge on any atom is -0.317 e. The van der Waals surface area contributed by atoms with Gasteiger partial charge in [0.2, 0.25) is 0 Å². The Bertz CT molecular complexity index is 155. The summed E-state index contributed by atoms with van der Waals surface area (Å²) < 4.78 is 0. The Kier molecular flexibility index (Phi) is 6.31. The van der Waals surface area contributed by atoms with E-state index in [0.717, 1.165) is 17.9 Å². The van der Waals surface area contributed by atoms with Gasteiger partial charge in [0.15, 0.2) is 0 Å². The van der Waals surface area contributed by atoms with E-state index in [1.165, 1.54) is 51.4 Å². The van der Waals surface area contributed by atoms with Gasteiger partial charge in [0.1, 0.15) is 0 Å². The molecule has 90 valence electrons. The highest BCUT2D eigenvalue weighted by Gasteiger charge is 2.27. The third-order valence-corrected chi connectivity index (χ3v) is 4.04. The van der Waals surface area contributed by atoms with Gasteiger partial charge in [0, 0.05) is 6.04 Å². The second kappa shape index (κ2) is 7.27. The number of hydrogen-bond donors (Lipinski definition) is 1. The molecule has 0 aliphatic heterocycles. The van der Waals surface area contributed by atoms with Crippen molar-refractivity contribution in [2.75, 3.05) is 7.05 Å². The molecule has 3 atom stereocenters. The van der Waals surface area contributed by atoms with Crippen LogP contribution in [-0.4, -0.2) is 13.1 Å². The standard InChI is InChI=1S/C14H29N/c1-4-5-6-7-8-14(15-3)13-10-9-12(2)11-13/h12-15H,4-11H2,1-3H3. The van der Waals surface area contributed by atoms with Crippen molar-refractivity contribution in [2.45, 2.75) is 71.3 Å². The highest BCUT2D eigenvalue weighted by Crippen LogP contribution is 2.34. The lowest BCUT2D eigenvalue weighted by Gasteiger charge is -2.23. The van der Waals surface area contributed by atoms with Crippen molar-refractivity contribution in [2.24, 2.45) is 11.8 Å². The SMILES string of the molecule is CCCCCCC(NC)C1CCC(C)C1. The first-order valence-electron chi connectivity index (χ1n) is 6.95. The summed E-state index contributed by atoms with van der Waals surface area (Å²) in [4.78, 5) is 0. The van der Waals surface area contributed by atoms with Crippen molar-refractivity contribution < 1.29 is 0 Å². The average molecular weight is 211 g/mol. The molecule has 0 radical (unpaired) electrons. The largest absolute Gasteiger partial charge is 0.317 e. The molecule has 1 saturated carbocycles. The molecular weight excluding hydrogens is 182 g/mol. The molecule has 0 spiro atoms. The van der Waals surface area contributed by atoms with Crippen LogP contribution in [0.4, 0.5) is 0 Å². The molecule has 1 N–H and O–H groups in total. The molecular formula is C14H29N. The van der Waals surface area contributed by atoms with Crippen LogP contribution in [0.25, 0.3) is 0 Å². The molecule has 1 nitrogen and oxygen atoms in total. The summed E-state index contributed by atoms with van der Waals surface area (Å²) in [6.07, 6.45) is 11.4. The predicted molar refractivity (Wildman–Crippen MR) is 68.1 cm³/mol. The zero-order valence-corrected chi connectivity index (χ0v) is 10.9. The van der Waals surface area contributed by atoms with E-state index < -0.39 is 0 Å². The normalized spacial score (nSPS) is 28.2. The summed E-state index contributed by atoms with van der Waals surface area (Å²) in [5.41, 5.74) is 0. The lowest BCUT2D eigenvalue weighted by molar-refractivity contribution is 0.341. The third-order valence-electron chi connectivity index (χ3n) is 4.04. The first-order valence-corrected chi connectivity index (χ1v) is 6.95. The smallest absolute Gasteiger partial charge is 0.00924 e. The molecule has 3 unspecified atom stereocenters. The van der Waals surface area contributed by atoms with E-state index in [1.807, 2.05) is 0 Å². The van der Waals surface area contributed by atoms with Crippen molar-refractivity contribution in [3.05, 3.63) is 0 Å². The fraction of sp³-hybridized carbons (Fsp3) is 1.00. The van der Waals surface area contributed by atoms with Crippen LogP contribution in [0.1, 0.15) is 65.2 Å². The quantitative estimate of drug-likeness (QED) is 0.628. The van der Waals surface area contributed by atoms with Crippen LogP contribution in [0.5, 0.6) is 0 Å². The molecule has 0 heterocycles. The number of unbranched alkanes of at least 4 members (excludes halogenated alkanes) is 3. The van der Waals surface area contributed by atoms with Crippen molar-refractivity contribution in [3.63, 3.8) is 0 Å². The van der Waals surface area contributed by atoms with Gasteiger partial charge in [-0.1, -0.05) is 46.0 Å². The van der Waals surface area contributed by atoms with Crippen molar-refractivity contribution >= 4 is 0 Å². The molecule has 15 heavy (non-hydrogen) atoms. The maximum absolute atomic E-state index is 3.54. The summed E-state index contributed by atoms with van der Waals surface area (Å²) in [5.74, 6) is 1.94. The van der Waals surface area contributed by atoms with Gasteiger partial charge < -0.3 is 5.32 Å². The van der Waals surface area contributed by atoms with Gasteiger partial charge in [-0.2, -0.15) is 0 Å². The topological polar surface area (TPSA) is 12.0 Å². The van der Waals surface area contributed by atoms with Gasteiger partial charge in [0.25, 0.3) is 0 Å². The van der Waals surface area contributed by atoms with Crippen LogP contribution >= 0.6 is 0 Å². The summed E-state index contributed by atoms with van der Waals surface area (Å²) in [6.45, 7) is 4.69. The van der Waals surface area contributed by atoms with Crippen LogP contribution < -0.4 is 5.32 Å². The van der Waals surface area contributed by atoms with E-state index in [-0.39, 0.29) is 0 Å². The third kappa shape index (κ3) is 4.55. The highest BCUT2D eigenvalue weighted by atomic mass is 14.9. The summed E-state index contributed by atoms with van der Waals surface area (Å²) in [6, 6.07) is 0.798. The van der Waals surface area contributed by atoms with Crippen molar-refractivity contribution in [1.82, 2.24) is 5.32 Å². The molecule has 1 rings (SSSR count). The van der Waals surface area contributed by atoms with Crippen molar-refractivity contribution in [3.8, 4) is 0 Å². The predicted octanol–water partition coefficient (Wildman–Crippen LogP) is 3.98. The Morgan fingerprint density at radius 3 is 2.53 bits per heavy atom. The molecule has 0 aromatic carbocycles. The van der Waals surface area contributed by atoms with E-state index in [4.69, 9.17) is 0 Å². The van der Waals surface area contributed by atoms with Gasteiger partial charge >= 0.3 is 0 Å². The van der Waals surface area contributed by atoms with Crippen LogP contribution in [0, 0.1) is 11.8 Å². The maximum atomic E-state index is 3.54. The zero-order chi connectivity index (χ0) is 11.1. The second-order valence-electron chi connectivity index (χ2n) is 5.42. The van der Waals surface area contributed by atoms with Crippen LogP contribution in [0.15, 0.2) is 0 Å². The molecule has 0 aromatic rings. The van der Waals surface area contributed by atoms with Crippen LogP contribution in [0.3, 0.4) is 0 Å².